The number of benzene rings is 1. The molecular formula is C17H21N3O2. The molecule has 0 saturated carbocycles. The van der Waals surface area contributed by atoms with Gasteiger partial charge in [-0.2, -0.15) is 0 Å². The highest BCUT2D eigenvalue weighted by Gasteiger charge is 2.27. The molecule has 1 aromatic heterocycles. The number of hydrogen-bond donors (Lipinski definition) is 0. The molecule has 1 saturated heterocycles. The second-order valence-electron chi connectivity index (χ2n) is 5.75. The number of ether oxygens (including phenoxy) is 1. The number of aromatic nitrogens is 2. The Morgan fingerprint density at radius 1 is 1.41 bits per heavy atom. The van der Waals surface area contributed by atoms with E-state index < -0.39 is 0 Å². The summed E-state index contributed by atoms with van der Waals surface area (Å²) in [5.41, 5.74) is 1.88. The predicted octanol–water partition coefficient (Wildman–Crippen LogP) is 2.45. The smallest absolute Gasteiger partial charge is 0.254 e. The Bertz CT molecular complexity index is 665. The topological polar surface area (TPSA) is 47.4 Å². The van der Waals surface area contributed by atoms with Crippen molar-refractivity contribution in [3.05, 3.63) is 48.0 Å². The second kappa shape index (κ2) is 6.22. The van der Waals surface area contributed by atoms with Gasteiger partial charge in [0.1, 0.15) is 5.75 Å². The van der Waals surface area contributed by atoms with Crippen molar-refractivity contribution >= 4 is 5.91 Å². The molecule has 1 unspecified atom stereocenters. The monoisotopic (exact) mass is 299 g/mol. The average molecular weight is 299 g/mol. The number of carbonyl (C=O) groups is 1. The van der Waals surface area contributed by atoms with Crippen LogP contribution in [0, 0.1) is 0 Å². The average Bonchev–Trinajstić information content (AvgIpc) is 3.00. The molecule has 1 fully saturated rings. The minimum Gasteiger partial charge on any atom is -0.497 e. The summed E-state index contributed by atoms with van der Waals surface area (Å²) in [6.45, 7) is 1.56. The van der Waals surface area contributed by atoms with E-state index in [1.165, 1.54) is 5.69 Å². The van der Waals surface area contributed by atoms with E-state index in [0.29, 0.717) is 17.2 Å². The Morgan fingerprint density at radius 3 is 3.00 bits per heavy atom. The third kappa shape index (κ3) is 2.84. The first-order chi connectivity index (χ1) is 10.7. The van der Waals surface area contributed by atoms with Gasteiger partial charge < -0.3 is 14.2 Å². The summed E-state index contributed by atoms with van der Waals surface area (Å²) >= 11 is 0. The minimum absolute atomic E-state index is 0.0748. The van der Waals surface area contributed by atoms with Crippen molar-refractivity contribution in [2.24, 2.45) is 7.05 Å². The number of amides is 1. The predicted molar refractivity (Wildman–Crippen MR) is 84.1 cm³/mol. The summed E-state index contributed by atoms with van der Waals surface area (Å²) in [5, 5.41) is 0. The molecule has 0 N–H and O–H groups in total. The molecule has 0 radical (unpaired) electrons. The number of rotatable bonds is 3. The molecule has 2 aromatic rings. The highest BCUT2D eigenvalue weighted by molar-refractivity contribution is 5.94. The minimum atomic E-state index is 0.0748. The molecule has 0 spiro atoms. The van der Waals surface area contributed by atoms with Crippen LogP contribution in [0.5, 0.6) is 5.75 Å². The van der Waals surface area contributed by atoms with Crippen molar-refractivity contribution in [1.29, 1.82) is 0 Å². The van der Waals surface area contributed by atoms with Crippen LogP contribution in [0.1, 0.15) is 34.8 Å². The summed E-state index contributed by atoms with van der Waals surface area (Å²) in [6.07, 6.45) is 5.84. The fourth-order valence-corrected chi connectivity index (χ4v) is 3.10. The van der Waals surface area contributed by atoms with Gasteiger partial charge in [-0.05, 0) is 31.0 Å². The Kier molecular flexibility index (Phi) is 4.13. The van der Waals surface area contributed by atoms with Crippen molar-refractivity contribution in [2.45, 2.75) is 18.8 Å². The summed E-state index contributed by atoms with van der Waals surface area (Å²) < 4.78 is 7.25. The van der Waals surface area contributed by atoms with E-state index in [-0.39, 0.29) is 5.91 Å². The first kappa shape index (κ1) is 14.6. The maximum absolute atomic E-state index is 12.7. The quantitative estimate of drug-likeness (QED) is 0.874. The van der Waals surface area contributed by atoms with E-state index in [1.54, 1.807) is 13.2 Å². The fraction of sp³-hybridized carbons (Fsp3) is 0.412. The van der Waals surface area contributed by atoms with E-state index in [9.17, 15) is 4.79 Å². The lowest BCUT2D eigenvalue weighted by molar-refractivity contribution is 0.0704. The molecule has 0 bridgehead atoms. The zero-order chi connectivity index (χ0) is 15.5. The summed E-state index contributed by atoms with van der Waals surface area (Å²) in [6, 6.07) is 7.36. The number of methoxy groups -OCH3 is 1. The van der Waals surface area contributed by atoms with Crippen molar-refractivity contribution in [2.75, 3.05) is 20.2 Å². The standard InChI is InChI=1S/C17H21N3O2/c1-19-12-18-10-16(19)14-6-4-8-20(11-14)17(21)13-5-3-7-15(9-13)22-2/h3,5,7,9-10,12,14H,4,6,8,11H2,1-2H3. The number of carbonyl (C=O) groups excluding carboxylic acids is 1. The SMILES string of the molecule is COc1cccc(C(=O)N2CCCC(c3cncn3C)C2)c1. The third-order valence-electron chi connectivity index (χ3n) is 4.30. The molecule has 1 aliphatic rings. The number of nitrogens with zero attached hydrogens (tertiary/aromatic N) is 3. The maximum atomic E-state index is 12.7. The second-order valence-corrected chi connectivity index (χ2v) is 5.75. The summed E-state index contributed by atoms with van der Waals surface area (Å²) in [4.78, 5) is 18.8. The van der Waals surface area contributed by atoms with Crippen LogP contribution < -0.4 is 4.74 Å². The molecule has 1 amide bonds. The molecule has 5 heteroatoms. The summed E-state index contributed by atoms with van der Waals surface area (Å²) in [5.74, 6) is 1.15. The van der Waals surface area contributed by atoms with E-state index in [0.717, 1.165) is 25.9 Å². The van der Waals surface area contributed by atoms with E-state index in [4.69, 9.17) is 4.74 Å². The molecule has 1 aliphatic heterocycles. The lowest BCUT2D eigenvalue weighted by Crippen LogP contribution is -2.39. The van der Waals surface area contributed by atoms with Gasteiger partial charge in [0, 0.05) is 43.5 Å². The van der Waals surface area contributed by atoms with Crippen LogP contribution in [0.25, 0.3) is 0 Å². The Hall–Kier alpha value is -2.30. The van der Waals surface area contributed by atoms with Gasteiger partial charge in [0.05, 0.1) is 13.4 Å². The van der Waals surface area contributed by atoms with Gasteiger partial charge in [-0.1, -0.05) is 6.07 Å². The number of aryl methyl sites for hydroxylation is 1. The van der Waals surface area contributed by atoms with Gasteiger partial charge in [0.15, 0.2) is 0 Å². The van der Waals surface area contributed by atoms with Crippen LogP contribution in [-0.2, 0) is 7.05 Å². The molecule has 5 nitrogen and oxygen atoms in total. The van der Waals surface area contributed by atoms with Crippen LogP contribution in [0.2, 0.25) is 0 Å². The number of piperidine rings is 1. The van der Waals surface area contributed by atoms with Crippen molar-refractivity contribution in [3.63, 3.8) is 0 Å². The first-order valence-electron chi connectivity index (χ1n) is 7.58. The van der Waals surface area contributed by atoms with Gasteiger partial charge in [-0.3, -0.25) is 4.79 Å². The van der Waals surface area contributed by atoms with Crippen molar-refractivity contribution in [3.8, 4) is 5.75 Å². The van der Waals surface area contributed by atoms with Crippen LogP contribution in [0.4, 0.5) is 0 Å². The molecule has 116 valence electrons. The van der Waals surface area contributed by atoms with E-state index in [1.807, 2.05) is 47.2 Å². The maximum Gasteiger partial charge on any atom is 0.254 e. The van der Waals surface area contributed by atoms with Gasteiger partial charge in [0.2, 0.25) is 0 Å². The van der Waals surface area contributed by atoms with E-state index in [2.05, 4.69) is 4.98 Å². The molecule has 22 heavy (non-hydrogen) atoms. The molecular weight excluding hydrogens is 278 g/mol. The third-order valence-corrected chi connectivity index (χ3v) is 4.30. The lowest BCUT2D eigenvalue weighted by Gasteiger charge is -2.33. The number of imidazole rings is 1. The number of hydrogen-bond acceptors (Lipinski definition) is 3. The van der Waals surface area contributed by atoms with Gasteiger partial charge >= 0.3 is 0 Å². The number of likely N-dealkylation sites (tertiary alicyclic amines) is 1. The lowest BCUT2D eigenvalue weighted by atomic mass is 9.94. The normalized spacial score (nSPS) is 18.3. The fourth-order valence-electron chi connectivity index (χ4n) is 3.10. The Labute approximate surface area is 130 Å². The van der Waals surface area contributed by atoms with Crippen molar-refractivity contribution in [1.82, 2.24) is 14.5 Å². The van der Waals surface area contributed by atoms with Crippen LogP contribution in [0.3, 0.4) is 0 Å². The molecule has 0 aliphatic carbocycles. The largest absolute Gasteiger partial charge is 0.497 e. The molecule has 3 rings (SSSR count). The molecule has 1 atom stereocenters. The van der Waals surface area contributed by atoms with Gasteiger partial charge in [0.25, 0.3) is 5.91 Å². The highest BCUT2D eigenvalue weighted by atomic mass is 16.5. The molecule has 1 aromatic carbocycles. The van der Waals surface area contributed by atoms with Crippen LogP contribution in [-0.4, -0.2) is 40.6 Å². The zero-order valence-electron chi connectivity index (χ0n) is 13.0. The van der Waals surface area contributed by atoms with E-state index >= 15 is 0 Å². The first-order valence-corrected chi connectivity index (χ1v) is 7.58. The highest BCUT2D eigenvalue weighted by Crippen LogP contribution is 2.27. The molecule has 2 heterocycles. The van der Waals surface area contributed by atoms with Crippen molar-refractivity contribution < 1.29 is 9.53 Å². The van der Waals surface area contributed by atoms with Gasteiger partial charge in [-0.15, -0.1) is 0 Å². The Morgan fingerprint density at radius 2 is 2.27 bits per heavy atom. The Balaban J connectivity index is 1.76. The zero-order valence-corrected chi connectivity index (χ0v) is 13.0. The van der Waals surface area contributed by atoms with Gasteiger partial charge in [-0.25, -0.2) is 4.98 Å². The summed E-state index contributed by atoms with van der Waals surface area (Å²) in [7, 11) is 3.62. The van der Waals surface area contributed by atoms with Crippen LogP contribution in [0.15, 0.2) is 36.8 Å². The van der Waals surface area contributed by atoms with Crippen LogP contribution >= 0.6 is 0 Å².